The number of carbonyl (C=O) groups excluding carboxylic acids is 1. The van der Waals surface area contributed by atoms with Crippen molar-refractivity contribution in [3.63, 3.8) is 0 Å². The van der Waals surface area contributed by atoms with Gasteiger partial charge in [-0.1, -0.05) is 36.0 Å². The summed E-state index contributed by atoms with van der Waals surface area (Å²) in [7, 11) is 0. The minimum absolute atomic E-state index is 0.211. The van der Waals surface area contributed by atoms with E-state index in [1.54, 1.807) is 12.5 Å². The van der Waals surface area contributed by atoms with Crippen molar-refractivity contribution in [2.24, 2.45) is 0 Å². The summed E-state index contributed by atoms with van der Waals surface area (Å²) in [5.74, 6) is -0.211. The first kappa shape index (κ1) is 16.5. The van der Waals surface area contributed by atoms with E-state index in [2.05, 4.69) is 42.0 Å². The number of rotatable bonds is 2. The molecule has 110 valence electrons. The second-order valence-electron chi connectivity index (χ2n) is 4.95. The smallest absolute Gasteiger partial charge is 0.302 e. The van der Waals surface area contributed by atoms with Crippen LogP contribution in [0.2, 0.25) is 0 Å². The van der Waals surface area contributed by atoms with Crippen LogP contribution in [-0.2, 0) is 9.53 Å². The molecule has 0 N–H and O–H groups in total. The highest BCUT2D eigenvalue weighted by atomic mass is 16.5. The Morgan fingerprint density at radius 1 is 1.35 bits per heavy atom. The fraction of sp³-hybridized carbons (Fsp3) is 0.500. The van der Waals surface area contributed by atoms with E-state index in [1.807, 2.05) is 0 Å². The summed E-state index contributed by atoms with van der Waals surface area (Å²) in [6.45, 7) is 5.79. The monoisotopic (exact) mass is 274 g/mol. The first-order chi connectivity index (χ1) is 9.67. The van der Waals surface area contributed by atoms with Crippen LogP contribution in [0.3, 0.4) is 0 Å². The number of allylic oxidation sites excluding steroid dienone is 8. The summed E-state index contributed by atoms with van der Waals surface area (Å²) >= 11 is 0. The Hall–Kier alpha value is -1.57. The van der Waals surface area contributed by atoms with Crippen molar-refractivity contribution in [1.29, 1.82) is 0 Å². The summed E-state index contributed by atoms with van der Waals surface area (Å²) < 4.78 is 4.40. The molecule has 0 unspecified atom stereocenters. The molecule has 2 nitrogen and oxygen atoms in total. The van der Waals surface area contributed by atoms with Crippen LogP contribution >= 0.6 is 0 Å². The van der Waals surface area contributed by atoms with E-state index in [-0.39, 0.29) is 5.97 Å². The third-order valence-corrected chi connectivity index (χ3v) is 3.36. The van der Waals surface area contributed by atoms with E-state index in [9.17, 15) is 4.79 Å². The Kier molecular flexibility index (Phi) is 7.71. The SMILES string of the molecule is C/C=C1/C=C(C2=CCCC=C2)CCC1.CCOC(C)=O. The first-order valence-corrected chi connectivity index (χ1v) is 7.53. The van der Waals surface area contributed by atoms with Gasteiger partial charge in [-0.2, -0.15) is 0 Å². The van der Waals surface area contributed by atoms with Gasteiger partial charge in [-0.25, -0.2) is 0 Å². The molecule has 0 aliphatic heterocycles. The summed E-state index contributed by atoms with van der Waals surface area (Å²) in [6.07, 6.45) is 17.8. The van der Waals surface area contributed by atoms with Gasteiger partial charge >= 0.3 is 5.97 Å². The minimum atomic E-state index is -0.211. The summed E-state index contributed by atoms with van der Waals surface area (Å²) in [5, 5.41) is 0. The van der Waals surface area contributed by atoms with E-state index in [1.165, 1.54) is 50.2 Å². The second-order valence-corrected chi connectivity index (χ2v) is 4.95. The van der Waals surface area contributed by atoms with Crippen LogP contribution in [0.5, 0.6) is 0 Å². The average molecular weight is 274 g/mol. The maximum atomic E-state index is 9.82. The molecule has 0 amide bonds. The molecule has 0 aromatic rings. The lowest BCUT2D eigenvalue weighted by atomic mass is 9.88. The molecule has 2 rings (SSSR count). The largest absolute Gasteiger partial charge is 0.466 e. The predicted molar refractivity (Wildman–Crippen MR) is 84.5 cm³/mol. The first-order valence-electron chi connectivity index (χ1n) is 7.53. The van der Waals surface area contributed by atoms with E-state index in [0.717, 1.165) is 0 Å². The molecule has 0 fully saturated rings. The lowest BCUT2D eigenvalue weighted by Gasteiger charge is -2.17. The highest BCUT2D eigenvalue weighted by molar-refractivity contribution is 5.65. The topological polar surface area (TPSA) is 26.3 Å². The fourth-order valence-electron chi connectivity index (χ4n) is 2.36. The zero-order valence-electron chi connectivity index (χ0n) is 12.9. The van der Waals surface area contributed by atoms with Crippen molar-refractivity contribution < 1.29 is 9.53 Å². The molecule has 0 bridgehead atoms. The van der Waals surface area contributed by atoms with Gasteiger partial charge in [0.05, 0.1) is 6.61 Å². The van der Waals surface area contributed by atoms with Gasteiger partial charge in [0.25, 0.3) is 0 Å². The normalized spacial score (nSPS) is 19.6. The molecule has 0 spiro atoms. The third kappa shape index (κ3) is 6.05. The Bertz CT molecular complexity index is 436. The maximum Gasteiger partial charge on any atom is 0.302 e. The number of carbonyl (C=O) groups is 1. The molecule has 0 aromatic carbocycles. The van der Waals surface area contributed by atoms with Crippen molar-refractivity contribution >= 4 is 5.97 Å². The molecule has 20 heavy (non-hydrogen) atoms. The lowest BCUT2D eigenvalue weighted by molar-refractivity contribution is -0.140. The van der Waals surface area contributed by atoms with Gasteiger partial charge in [-0.15, -0.1) is 0 Å². The fourth-order valence-corrected chi connectivity index (χ4v) is 2.36. The van der Waals surface area contributed by atoms with Gasteiger partial charge in [0.15, 0.2) is 0 Å². The van der Waals surface area contributed by atoms with E-state index in [4.69, 9.17) is 0 Å². The van der Waals surface area contributed by atoms with Crippen LogP contribution in [0.25, 0.3) is 0 Å². The zero-order chi connectivity index (χ0) is 14.8. The van der Waals surface area contributed by atoms with Crippen LogP contribution in [-0.4, -0.2) is 12.6 Å². The average Bonchev–Trinajstić information content (AvgIpc) is 2.49. The van der Waals surface area contributed by atoms with Crippen LogP contribution in [0.4, 0.5) is 0 Å². The Morgan fingerprint density at radius 3 is 2.65 bits per heavy atom. The van der Waals surface area contributed by atoms with E-state index >= 15 is 0 Å². The van der Waals surface area contributed by atoms with E-state index in [0.29, 0.717) is 6.61 Å². The quantitative estimate of drug-likeness (QED) is 0.670. The third-order valence-electron chi connectivity index (χ3n) is 3.36. The van der Waals surface area contributed by atoms with Crippen molar-refractivity contribution in [3.8, 4) is 0 Å². The Labute approximate surface area is 122 Å². The van der Waals surface area contributed by atoms with Crippen LogP contribution < -0.4 is 0 Å². The molecule has 2 aliphatic carbocycles. The van der Waals surface area contributed by atoms with Gasteiger partial charge in [0.1, 0.15) is 0 Å². The maximum absolute atomic E-state index is 9.82. The highest BCUT2D eigenvalue weighted by Crippen LogP contribution is 2.29. The van der Waals surface area contributed by atoms with Gasteiger partial charge < -0.3 is 4.74 Å². The second kappa shape index (κ2) is 9.35. The molecule has 2 heteroatoms. The molecule has 0 atom stereocenters. The Morgan fingerprint density at radius 2 is 2.15 bits per heavy atom. The Balaban J connectivity index is 0.000000286. The molecule has 0 radical (unpaired) electrons. The predicted octanol–water partition coefficient (Wildman–Crippen LogP) is 4.89. The van der Waals surface area contributed by atoms with Gasteiger partial charge in [0, 0.05) is 6.92 Å². The number of hydrogen-bond donors (Lipinski definition) is 0. The van der Waals surface area contributed by atoms with E-state index < -0.39 is 0 Å². The highest BCUT2D eigenvalue weighted by Gasteiger charge is 2.10. The van der Waals surface area contributed by atoms with Gasteiger partial charge in [0.2, 0.25) is 0 Å². The van der Waals surface area contributed by atoms with Crippen molar-refractivity contribution in [3.05, 3.63) is 47.1 Å². The summed E-state index contributed by atoms with van der Waals surface area (Å²) in [6, 6.07) is 0. The minimum Gasteiger partial charge on any atom is -0.466 e. The number of ether oxygens (including phenoxy) is 1. The van der Waals surface area contributed by atoms with Crippen LogP contribution in [0, 0.1) is 0 Å². The molecule has 0 heterocycles. The van der Waals surface area contributed by atoms with Crippen molar-refractivity contribution in [2.45, 2.75) is 52.9 Å². The summed E-state index contributed by atoms with van der Waals surface area (Å²) in [5.41, 5.74) is 4.52. The molecule has 0 saturated carbocycles. The summed E-state index contributed by atoms with van der Waals surface area (Å²) in [4.78, 5) is 9.82. The molecule has 2 aliphatic rings. The standard InChI is InChI=1S/C14H18.C4H8O2/c1-2-12-7-6-10-14(11-12)13-8-4-3-5-9-13;1-3-6-4(2)5/h2,4,8-9,11H,3,5-7,10H2,1H3;3H2,1-2H3/b12-2+;. The number of esters is 1. The van der Waals surface area contributed by atoms with Crippen molar-refractivity contribution in [2.75, 3.05) is 6.61 Å². The van der Waals surface area contributed by atoms with Gasteiger partial charge in [-0.05, 0) is 57.1 Å². The van der Waals surface area contributed by atoms with Gasteiger partial charge in [-0.3, -0.25) is 4.79 Å². The van der Waals surface area contributed by atoms with Crippen molar-refractivity contribution in [1.82, 2.24) is 0 Å². The number of hydrogen-bond acceptors (Lipinski definition) is 2. The molecule has 0 saturated heterocycles. The van der Waals surface area contributed by atoms with Crippen LogP contribution in [0.1, 0.15) is 52.9 Å². The molecular weight excluding hydrogens is 248 g/mol. The molecule has 0 aromatic heterocycles. The lowest BCUT2D eigenvalue weighted by Crippen LogP contribution is -1.98. The van der Waals surface area contributed by atoms with Crippen LogP contribution in [0.15, 0.2) is 47.1 Å². The zero-order valence-corrected chi connectivity index (χ0v) is 12.9. The molecular formula is C18H26O2.